The molecule has 4 aromatic rings. The Balaban J connectivity index is 1.53. The highest BCUT2D eigenvalue weighted by Gasteiger charge is 2.09. The number of nitrogens with one attached hydrogen (secondary N) is 1. The fourth-order valence-corrected chi connectivity index (χ4v) is 2.65. The lowest BCUT2D eigenvalue weighted by Gasteiger charge is -2.08. The Morgan fingerprint density at radius 1 is 1.07 bits per heavy atom. The van der Waals surface area contributed by atoms with Crippen molar-refractivity contribution in [3.8, 4) is 11.7 Å². The number of nitrogens with zero attached hydrogens (tertiary/aromatic N) is 5. The summed E-state index contributed by atoms with van der Waals surface area (Å²) in [7, 11) is 1.64. The van der Waals surface area contributed by atoms with E-state index in [0.29, 0.717) is 30.8 Å². The summed E-state index contributed by atoms with van der Waals surface area (Å²) in [5, 5.41) is 8.46. The Bertz CT molecular complexity index is 1080. The Morgan fingerprint density at radius 3 is 2.75 bits per heavy atom. The molecule has 9 heteroatoms. The number of fused-ring (bicyclic) bond motifs is 1. The highest BCUT2D eigenvalue weighted by molar-refractivity contribution is 5.82. The molecule has 0 aliphatic heterocycles. The van der Waals surface area contributed by atoms with Crippen LogP contribution in [0.15, 0.2) is 55.0 Å². The fourth-order valence-electron chi connectivity index (χ4n) is 2.65. The van der Waals surface area contributed by atoms with Crippen LogP contribution in [0.25, 0.3) is 16.9 Å². The standard InChI is InChI=1S/C19H19N7O2/c1-27-8-9-28-16-6-4-15(5-7-16)24-18-21-12-22-19(25-18)26-17-10-14(20)3-2-13(17)11-23-26/h2-7,10-12H,8-9,20H2,1H3,(H,21,22,24,25). The molecule has 0 unspecified atom stereocenters. The van der Waals surface area contributed by atoms with Gasteiger partial charge in [0.2, 0.25) is 5.95 Å². The first kappa shape index (κ1) is 17.7. The number of aromatic nitrogens is 5. The van der Waals surface area contributed by atoms with E-state index < -0.39 is 0 Å². The minimum absolute atomic E-state index is 0.401. The molecule has 0 saturated heterocycles. The second kappa shape index (κ2) is 7.89. The molecule has 0 spiro atoms. The summed E-state index contributed by atoms with van der Waals surface area (Å²) >= 11 is 0. The smallest absolute Gasteiger partial charge is 0.255 e. The molecule has 0 aliphatic rings. The van der Waals surface area contributed by atoms with Crippen molar-refractivity contribution < 1.29 is 9.47 Å². The number of ether oxygens (including phenoxy) is 2. The van der Waals surface area contributed by atoms with Gasteiger partial charge in [0.1, 0.15) is 18.7 Å². The zero-order chi connectivity index (χ0) is 19.3. The van der Waals surface area contributed by atoms with E-state index in [1.807, 2.05) is 42.5 Å². The maximum atomic E-state index is 5.89. The number of anilines is 3. The van der Waals surface area contributed by atoms with Gasteiger partial charge in [-0.1, -0.05) is 0 Å². The zero-order valence-electron chi connectivity index (χ0n) is 15.2. The van der Waals surface area contributed by atoms with Gasteiger partial charge in [-0.25, -0.2) is 4.98 Å². The van der Waals surface area contributed by atoms with E-state index in [1.165, 1.54) is 6.33 Å². The first-order valence-corrected chi connectivity index (χ1v) is 8.64. The van der Waals surface area contributed by atoms with Gasteiger partial charge >= 0.3 is 0 Å². The van der Waals surface area contributed by atoms with Gasteiger partial charge in [-0.2, -0.15) is 19.7 Å². The molecule has 2 aromatic carbocycles. The number of nitrogen functional groups attached to an aromatic ring is 1. The van der Waals surface area contributed by atoms with Gasteiger partial charge in [0.25, 0.3) is 5.95 Å². The van der Waals surface area contributed by atoms with Gasteiger partial charge in [-0.05, 0) is 42.5 Å². The summed E-state index contributed by atoms with van der Waals surface area (Å²) in [6.07, 6.45) is 3.18. The van der Waals surface area contributed by atoms with Crippen LogP contribution < -0.4 is 15.8 Å². The van der Waals surface area contributed by atoms with Gasteiger partial charge in [-0.15, -0.1) is 0 Å². The van der Waals surface area contributed by atoms with Crippen LogP contribution in [-0.4, -0.2) is 45.1 Å². The van der Waals surface area contributed by atoms with E-state index in [2.05, 4.69) is 25.4 Å². The summed E-state index contributed by atoms with van der Waals surface area (Å²) in [5.74, 6) is 1.57. The third-order valence-electron chi connectivity index (χ3n) is 4.01. The molecule has 142 valence electrons. The van der Waals surface area contributed by atoms with Crippen molar-refractivity contribution in [2.45, 2.75) is 0 Å². The largest absolute Gasteiger partial charge is 0.491 e. The highest BCUT2D eigenvalue weighted by Crippen LogP contribution is 2.21. The van der Waals surface area contributed by atoms with Crippen LogP contribution >= 0.6 is 0 Å². The van der Waals surface area contributed by atoms with Crippen LogP contribution in [0.5, 0.6) is 5.75 Å². The van der Waals surface area contributed by atoms with Crippen molar-refractivity contribution in [1.29, 1.82) is 0 Å². The summed E-state index contributed by atoms with van der Waals surface area (Å²) in [5.41, 5.74) is 8.19. The fraction of sp³-hybridized carbons (Fsp3) is 0.158. The molecular formula is C19H19N7O2. The molecule has 2 heterocycles. The molecular weight excluding hydrogens is 358 g/mol. The average Bonchev–Trinajstić information content (AvgIpc) is 3.13. The summed E-state index contributed by atoms with van der Waals surface area (Å²) < 4.78 is 12.2. The molecule has 3 N–H and O–H groups in total. The second-order valence-electron chi connectivity index (χ2n) is 5.97. The van der Waals surface area contributed by atoms with E-state index in [9.17, 15) is 0 Å². The zero-order valence-corrected chi connectivity index (χ0v) is 15.2. The van der Waals surface area contributed by atoms with E-state index in [4.69, 9.17) is 15.2 Å². The van der Waals surface area contributed by atoms with Crippen molar-refractivity contribution in [3.63, 3.8) is 0 Å². The van der Waals surface area contributed by atoms with Gasteiger partial charge in [-0.3, -0.25) is 0 Å². The normalized spacial score (nSPS) is 10.9. The third kappa shape index (κ3) is 3.84. The Labute approximate surface area is 161 Å². The highest BCUT2D eigenvalue weighted by atomic mass is 16.5. The van der Waals surface area contributed by atoms with Gasteiger partial charge in [0, 0.05) is 23.9 Å². The van der Waals surface area contributed by atoms with Gasteiger partial charge in [0.15, 0.2) is 0 Å². The maximum Gasteiger partial charge on any atom is 0.255 e. The molecule has 2 aromatic heterocycles. The van der Waals surface area contributed by atoms with Crippen LogP contribution in [0.2, 0.25) is 0 Å². The Kier molecular flexibility index (Phi) is 4.98. The minimum Gasteiger partial charge on any atom is -0.491 e. The van der Waals surface area contributed by atoms with E-state index >= 15 is 0 Å². The molecule has 0 amide bonds. The molecule has 0 bridgehead atoms. The second-order valence-corrected chi connectivity index (χ2v) is 5.97. The number of nitrogens with two attached hydrogens (primary N) is 1. The predicted octanol–water partition coefficient (Wildman–Crippen LogP) is 2.56. The first-order chi connectivity index (χ1) is 13.7. The third-order valence-corrected chi connectivity index (χ3v) is 4.01. The summed E-state index contributed by atoms with van der Waals surface area (Å²) in [6, 6.07) is 13.1. The number of rotatable bonds is 7. The van der Waals surface area contributed by atoms with Crippen LogP contribution in [0.3, 0.4) is 0 Å². The summed E-state index contributed by atoms with van der Waals surface area (Å²) in [4.78, 5) is 12.9. The average molecular weight is 377 g/mol. The lowest BCUT2D eigenvalue weighted by molar-refractivity contribution is 0.146. The minimum atomic E-state index is 0.401. The summed E-state index contributed by atoms with van der Waals surface area (Å²) in [6.45, 7) is 1.05. The van der Waals surface area contributed by atoms with Crippen molar-refractivity contribution in [1.82, 2.24) is 24.7 Å². The molecule has 0 saturated carbocycles. The van der Waals surface area contributed by atoms with Crippen molar-refractivity contribution in [2.24, 2.45) is 0 Å². The molecule has 28 heavy (non-hydrogen) atoms. The topological polar surface area (TPSA) is 113 Å². The van der Waals surface area contributed by atoms with Crippen molar-refractivity contribution in [2.75, 3.05) is 31.4 Å². The molecule has 4 rings (SSSR count). The van der Waals surface area contributed by atoms with Gasteiger partial charge < -0.3 is 20.5 Å². The molecule has 9 nitrogen and oxygen atoms in total. The predicted molar refractivity (Wildman–Crippen MR) is 106 cm³/mol. The van der Waals surface area contributed by atoms with Crippen LogP contribution in [0, 0.1) is 0 Å². The Morgan fingerprint density at radius 2 is 1.93 bits per heavy atom. The number of hydrogen-bond acceptors (Lipinski definition) is 8. The van der Waals surface area contributed by atoms with Crippen LogP contribution in [0.4, 0.5) is 17.3 Å². The lowest BCUT2D eigenvalue weighted by atomic mass is 10.2. The van der Waals surface area contributed by atoms with Crippen LogP contribution in [0.1, 0.15) is 0 Å². The quantitative estimate of drug-likeness (QED) is 0.373. The first-order valence-electron chi connectivity index (χ1n) is 8.64. The molecule has 0 aliphatic carbocycles. The number of hydrogen-bond donors (Lipinski definition) is 2. The molecule has 0 atom stereocenters. The van der Waals surface area contributed by atoms with Crippen molar-refractivity contribution >= 4 is 28.2 Å². The van der Waals surface area contributed by atoms with Gasteiger partial charge in [0.05, 0.1) is 18.3 Å². The lowest BCUT2D eigenvalue weighted by Crippen LogP contribution is -2.07. The molecule has 0 radical (unpaired) electrons. The molecule has 0 fully saturated rings. The number of methoxy groups -OCH3 is 1. The number of benzene rings is 2. The van der Waals surface area contributed by atoms with E-state index in [-0.39, 0.29) is 0 Å². The Hall–Kier alpha value is -3.72. The monoisotopic (exact) mass is 377 g/mol. The van der Waals surface area contributed by atoms with E-state index in [0.717, 1.165) is 22.3 Å². The maximum absolute atomic E-state index is 5.89. The van der Waals surface area contributed by atoms with E-state index in [1.54, 1.807) is 18.0 Å². The van der Waals surface area contributed by atoms with Crippen LogP contribution in [-0.2, 0) is 4.74 Å². The SMILES string of the molecule is COCCOc1ccc(Nc2ncnc(-n3ncc4ccc(N)cc43)n2)cc1. The van der Waals surface area contributed by atoms with Crippen molar-refractivity contribution in [3.05, 3.63) is 55.0 Å².